The molecule has 2 aliphatic carbocycles. The SMILES string of the molecule is NC1(CO)CCCC1CCN1CCN(CC2CC2)CC1. The van der Waals surface area contributed by atoms with Gasteiger partial charge in [0.15, 0.2) is 0 Å². The first-order chi connectivity index (χ1) is 9.69. The fourth-order valence-electron chi connectivity index (χ4n) is 4.01. The zero-order chi connectivity index (χ0) is 14.0. The number of nitrogens with zero attached hydrogens (tertiary/aromatic N) is 2. The maximum Gasteiger partial charge on any atom is 0.0613 e. The van der Waals surface area contributed by atoms with Crippen molar-refractivity contribution >= 4 is 0 Å². The van der Waals surface area contributed by atoms with E-state index in [0.29, 0.717) is 5.92 Å². The highest BCUT2D eigenvalue weighted by molar-refractivity contribution is 4.96. The fourth-order valence-corrected chi connectivity index (χ4v) is 4.01. The topological polar surface area (TPSA) is 52.7 Å². The summed E-state index contributed by atoms with van der Waals surface area (Å²) < 4.78 is 0. The van der Waals surface area contributed by atoms with Crippen molar-refractivity contribution in [2.75, 3.05) is 45.9 Å². The lowest BCUT2D eigenvalue weighted by Gasteiger charge is -2.36. The molecule has 0 radical (unpaired) electrons. The quantitative estimate of drug-likeness (QED) is 0.759. The number of piperazine rings is 1. The Labute approximate surface area is 123 Å². The number of hydrogen-bond donors (Lipinski definition) is 2. The van der Waals surface area contributed by atoms with Gasteiger partial charge in [0.05, 0.1) is 6.61 Å². The van der Waals surface area contributed by atoms with Crippen molar-refractivity contribution in [1.29, 1.82) is 0 Å². The summed E-state index contributed by atoms with van der Waals surface area (Å²) in [5.74, 6) is 1.54. The van der Waals surface area contributed by atoms with Gasteiger partial charge in [0.2, 0.25) is 0 Å². The molecule has 2 saturated carbocycles. The molecule has 0 bridgehead atoms. The summed E-state index contributed by atoms with van der Waals surface area (Å²) in [5.41, 5.74) is 6.04. The van der Waals surface area contributed by atoms with Crippen LogP contribution in [0.2, 0.25) is 0 Å². The number of rotatable bonds is 6. The van der Waals surface area contributed by atoms with Gasteiger partial charge in [-0.25, -0.2) is 0 Å². The third kappa shape index (κ3) is 3.53. The largest absolute Gasteiger partial charge is 0.394 e. The van der Waals surface area contributed by atoms with E-state index in [0.717, 1.165) is 12.3 Å². The summed E-state index contributed by atoms with van der Waals surface area (Å²) in [4.78, 5) is 5.24. The summed E-state index contributed by atoms with van der Waals surface area (Å²) in [6.45, 7) is 7.59. The van der Waals surface area contributed by atoms with Gasteiger partial charge in [0.25, 0.3) is 0 Å². The predicted molar refractivity (Wildman–Crippen MR) is 81.6 cm³/mol. The van der Waals surface area contributed by atoms with Crippen molar-refractivity contribution in [1.82, 2.24) is 9.80 Å². The summed E-state index contributed by atoms with van der Waals surface area (Å²) in [6.07, 6.45) is 7.49. The molecule has 1 aliphatic heterocycles. The molecular formula is C16H31N3O. The van der Waals surface area contributed by atoms with Gasteiger partial charge in [-0.2, -0.15) is 0 Å². The first-order valence-electron chi connectivity index (χ1n) is 8.54. The van der Waals surface area contributed by atoms with Crippen molar-refractivity contribution in [2.24, 2.45) is 17.6 Å². The third-order valence-electron chi connectivity index (χ3n) is 5.77. The molecular weight excluding hydrogens is 250 g/mol. The molecule has 2 atom stereocenters. The molecule has 3 aliphatic rings. The van der Waals surface area contributed by atoms with Crippen LogP contribution < -0.4 is 5.73 Å². The summed E-state index contributed by atoms with van der Waals surface area (Å²) in [7, 11) is 0. The maximum absolute atomic E-state index is 9.51. The number of aliphatic hydroxyl groups is 1. The molecule has 2 unspecified atom stereocenters. The third-order valence-corrected chi connectivity index (χ3v) is 5.77. The van der Waals surface area contributed by atoms with Crippen LogP contribution in [0.15, 0.2) is 0 Å². The van der Waals surface area contributed by atoms with Crippen molar-refractivity contribution in [3.63, 3.8) is 0 Å². The van der Waals surface area contributed by atoms with E-state index in [9.17, 15) is 5.11 Å². The Morgan fingerprint density at radius 2 is 1.75 bits per heavy atom. The van der Waals surface area contributed by atoms with Crippen LogP contribution in [0.5, 0.6) is 0 Å². The predicted octanol–water partition coefficient (Wildman–Crippen LogP) is 0.894. The van der Waals surface area contributed by atoms with E-state index in [2.05, 4.69) is 9.80 Å². The Morgan fingerprint density at radius 3 is 2.40 bits per heavy atom. The van der Waals surface area contributed by atoms with Crippen molar-refractivity contribution in [3.05, 3.63) is 0 Å². The maximum atomic E-state index is 9.51. The molecule has 0 aromatic rings. The molecule has 4 nitrogen and oxygen atoms in total. The molecule has 0 spiro atoms. The molecule has 0 amide bonds. The molecule has 0 aromatic carbocycles. The lowest BCUT2D eigenvalue weighted by molar-refractivity contribution is 0.108. The lowest BCUT2D eigenvalue weighted by atomic mass is 9.86. The Morgan fingerprint density at radius 1 is 1.05 bits per heavy atom. The second kappa shape index (κ2) is 6.30. The molecule has 1 heterocycles. The number of nitrogens with two attached hydrogens (primary N) is 1. The standard InChI is InChI=1S/C16H31N3O/c17-16(13-20)6-1-2-15(16)5-7-18-8-10-19(11-9-18)12-14-3-4-14/h14-15,20H,1-13,17H2. The first kappa shape index (κ1) is 14.8. The van der Waals surface area contributed by atoms with E-state index in [1.165, 1.54) is 71.4 Å². The molecule has 20 heavy (non-hydrogen) atoms. The second-order valence-electron chi connectivity index (χ2n) is 7.35. The van der Waals surface area contributed by atoms with Crippen LogP contribution in [-0.4, -0.2) is 66.3 Å². The van der Waals surface area contributed by atoms with Crippen LogP contribution >= 0.6 is 0 Å². The zero-order valence-corrected chi connectivity index (χ0v) is 12.8. The van der Waals surface area contributed by atoms with E-state index >= 15 is 0 Å². The minimum atomic E-state index is -0.284. The van der Waals surface area contributed by atoms with E-state index in [4.69, 9.17) is 5.73 Å². The Kier molecular flexibility index (Phi) is 4.65. The van der Waals surface area contributed by atoms with Crippen LogP contribution in [0.3, 0.4) is 0 Å². The van der Waals surface area contributed by atoms with Gasteiger partial charge >= 0.3 is 0 Å². The van der Waals surface area contributed by atoms with Gasteiger partial charge in [0, 0.05) is 38.3 Å². The normalized spacial score (nSPS) is 36.6. The molecule has 3 fully saturated rings. The summed E-state index contributed by atoms with van der Waals surface area (Å²) in [6, 6.07) is 0. The van der Waals surface area contributed by atoms with Crippen molar-refractivity contribution < 1.29 is 5.11 Å². The smallest absolute Gasteiger partial charge is 0.0613 e. The average molecular weight is 281 g/mol. The van der Waals surface area contributed by atoms with Gasteiger partial charge in [-0.1, -0.05) is 6.42 Å². The van der Waals surface area contributed by atoms with Crippen LogP contribution in [0.25, 0.3) is 0 Å². The minimum absolute atomic E-state index is 0.160. The minimum Gasteiger partial charge on any atom is -0.394 e. The van der Waals surface area contributed by atoms with Crippen molar-refractivity contribution in [3.8, 4) is 0 Å². The highest BCUT2D eigenvalue weighted by atomic mass is 16.3. The van der Waals surface area contributed by atoms with Crippen molar-refractivity contribution in [2.45, 2.75) is 44.1 Å². The molecule has 1 saturated heterocycles. The highest BCUT2D eigenvalue weighted by Crippen LogP contribution is 2.36. The first-order valence-corrected chi connectivity index (χ1v) is 8.54. The van der Waals surface area contributed by atoms with Crippen LogP contribution in [-0.2, 0) is 0 Å². The Hall–Kier alpha value is -0.160. The van der Waals surface area contributed by atoms with Gasteiger partial charge in [-0.05, 0) is 50.5 Å². The van der Waals surface area contributed by atoms with E-state index in [-0.39, 0.29) is 12.1 Å². The van der Waals surface area contributed by atoms with Gasteiger partial charge in [0.1, 0.15) is 0 Å². The number of hydrogen-bond acceptors (Lipinski definition) is 4. The van der Waals surface area contributed by atoms with E-state index in [1.54, 1.807) is 0 Å². The molecule has 3 rings (SSSR count). The summed E-state index contributed by atoms with van der Waals surface area (Å²) >= 11 is 0. The van der Waals surface area contributed by atoms with Crippen LogP contribution in [0, 0.1) is 11.8 Å². The molecule has 4 heteroatoms. The lowest BCUT2D eigenvalue weighted by Crippen LogP contribution is -2.50. The molecule has 116 valence electrons. The average Bonchev–Trinajstić information content (AvgIpc) is 3.20. The monoisotopic (exact) mass is 281 g/mol. The van der Waals surface area contributed by atoms with Crippen LogP contribution in [0.4, 0.5) is 0 Å². The van der Waals surface area contributed by atoms with E-state index < -0.39 is 0 Å². The second-order valence-corrected chi connectivity index (χ2v) is 7.35. The highest BCUT2D eigenvalue weighted by Gasteiger charge is 2.38. The van der Waals surface area contributed by atoms with Crippen LogP contribution in [0.1, 0.15) is 38.5 Å². The summed E-state index contributed by atoms with van der Waals surface area (Å²) in [5, 5.41) is 9.51. The Balaban J connectivity index is 1.37. The fraction of sp³-hybridized carbons (Fsp3) is 1.00. The van der Waals surface area contributed by atoms with Gasteiger partial charge in [-0.15, -0.1) is 0 Å². The Bertz CT molecular complexity index is 313. The zero-order valence-electron chi connectivity index (χ0n) is 12.8. The molecule has 0 aromatic heterocycles. The number of aliphatic hydroxyl groups excluding tert-OH is 1. The van der Waals surface area contributed by atoms with Gasteiger partial charge in [-0.3, -0.25) is 0 Å². The molecule has 3 N–H and O–H groups in total. The van der Waals surface area contributed by atoms with Gasteiger partial charge < -0.3 is 20.6 Å². The van der Waals surface area contributed by atoms with E-state index in [1.807, 2.05) is 0 Å².